The van der Waals surface area contributed by atoms with E-state index in [-0.39, 0.29) is 11.4 Å². The largest absolute Gasteiger partial charge is 0.487 e. The van der Waals surface area contributed by atoms with Gasteiger partial charge in [-0.15, -0.1) is 0 Å². The highest BCUT2D eigenvalue weighted by molar-refractivity contribution is 7.89. The van der Waals surface area contributed by atoms with Gasteiger partial charge in [-0.3, -0.25) is 9.78 Å². The normalized spacial score (nSPS) is 11.3. The number of anilines is 1. The van der Waals surface area contributed by atoms with E-state index in [0.29, 0.717) is 18.0 Å². The Balaban J connectivity index is 1.69. The molecule has 0 atom stereocenters. The number of aryl methyl sites for hydroxylation is 1. The first-order valence-electron chi connectivity index (χ1n) is 9.30. The van der Waals surface area contributed by atoms with E-state index < -0.39 is 15.9 Å². The molecule has 8 heteroatoms. The van der Waals surface area contributed by atoms with Gasteiger partial charge in [-0.25, -0.2) is 8.42 Å². The summed E-state index contributed by atoms with van der Waals surface area (Å²) in [6, 6.07) is 18.1. The number of benzene rings is 2. The van der Waals surface area contributed by atoms with E-state index in [2.05, 4.69) is 10.3 Å². The summed E-state index contributed by atoms with van der Waals surface area (Å²) in [5.41, 5.74) is 2.46. The maximum absolute atomic E-state index is 12.6. The Bertz CT molecular complexity index is 1100. The fourth-order valence-corrected chi connectivity index (χ4v) is 3.84. The Morgan fingerprint density at radius 2 is 1.87 bits per heavy atom. The van der Waals surface area contributed by atoms with Crippen LogP contribution in [0.2, 0.25) is 0 Å². The molecule has 30 heavy (non-hydrogen) atoms. The first-order valence-corrected chi connectivity index (χ1v) is 10.7. The first-order chi connectivity index (χ1) is 14.4. The lowest BCUT2D eigenvalue weighted by Crippen LogP contribution is -2.35. The molecule has 1 aromatic heterocycles. The molecule has 0 radical (unpaired) electrons. The molecule has 0 aliphatic heterocycles. The minimum atomic E-state index is -3.81. The number of amides is 1. The third-order valence-electron chi connectivity index (χ3n) is 4.36. The van der Waals surface area contributed by atoms with E-state index >= 15 is 0 Å². The van der Waals surface area contributed by atoms with Crippen LogP contribution in [-0.2, 0) is 21.4 Å². The number of carbonyl (C=O) groups excluding carboxylic acids is 1. The molecular weight excluding hydrogens is 402 g/mol. The number of carbonyl (C=O) groups is 1. The molecule has 0 spiro atoms. The number of nitrogens with one attached hydrogen (secondary N) is 1. The van der Waals surface area contributed by atoms with Gasteiger partial charge >= 0.3 is 0 Å². The van der Waals surface area contributed by atoms with E-state index in [9.17, 15) is 13.2 Å². The van der Waals surface area contributed by atoms with Crippen molar-refractivity contribution in [1.29, 1.82) is 0 Å². The fraction of sp³-hybridized carbons (Fsp3) is 0.182. The van der Waals surface area contributed by atoms with Crippen LogP contribution in [0.15, 0.2) is 78.0 Å². The first kappa shape index (κ1) is 21.5. The third-order valence-corrected chi connectivity index (χ3v) is 6.14. The zero-order valence-electron chi connectivity index (χ0n) is 16.8. The molecule has 0 aliphatic carbocycles. The molecule has 2 aromatic carbocycles. The predicted octanol–water partition coefficient (Wildman–Crippen LogP) is 3.23. The average Bonchev–Trinajstić information content (AvgIpc) is 2.75. The minimum absolute atomic E-state index is 0.0301. The molecule has 1 amide bonds. The predicted molar refractivity (Wildman–Crippen MR) is 115 cm³/mol. The summed E-state index contributed by atoms with van der Waals surface area (Å²) in [4.78, 5) is 16.4. The summed E-state index contributed by atoms with van der Waals surface area (Å²) in [6.07, 6.45) is 2.74. The number of rotatable bonds is 8. The molecule has 3 rings (SSSR count). The van der Waals surface area contributed by atoms with Crippen molar-refractivity contribution >= 4 is 21.6 Å². The molecule has 0 aliphatic rings. The molecule has 0 saturated carbocycles. The summed E-state index contributed by atoms with van der Waals surface area (Å²) in [5.74, 6) is 0.0448. The van der Waals surface area contributed by atoms with Gasteiger partial charge in [0.1, 0.15) is 17.3 Å². The van der Waals surface area contributed by atoms with Gasteiger partial charge < -0.3 is 10.1 Å². The van der Waals surface area contributed by atoms with E-state index in [4.69, 9.17) is 4.74 Å². The number of sulfonamides is 1. The van der Waals surface area contributed by atoms with Crippen LogP contribution in [0.3, 0.4) is 0 Å². The smallest absolute Gasteiger partial charge is 0.244 e. The van der Waals surface area contributed by atoms with E-state index in [1.54, 1.807) is 6.07 Å². The van der Waals surface area contributed by atoms with Gasteiger partial charge in [0.25, 0.3) is 0 Å². The van der Waals surface area contributed by atoms with Gasteiger partial charge in [0.15, 0.2) is 0 Å². The van der Waals surface area contributed by atoms with Crippen LogP contribution in [0.5, 0.6) is 5.75 Å². The summed E-state index contributed by atoms with van der Waals surface area (Å²) in [5, 5.41) is 2.74. The van der Waals surface area contributed by atoms with Crippen molar-refractivity contribution in [1.82, 2.24) is 9.29 Å². The second kappa shape index (κ2) is 9.51. The SMILES string of the molecule is Cc1ccc(NC(=O)CN(C)S(=O)(=O)c2cccnc2)c(OCc2ccccc2)c1. The summed E-state index contributed by atoms with van der Waals surface area (Å²) in [6.45, 7) is 1.93. The third kappa shape index (κ3) is 5.43. The van der Waals surface area contributed by atoms with Crippen LogP contribution in [-0.4, -0.2) is 37.2 Å². The lowest BCUT2D eigenvalue weighted by Gasteiger charge is -2.18. The van der Waals surface area contributed by atoms with Crippen LogP contribution in [0.4, 0.5) is 5.69 Å². The Labute approximate surface area is 176 Å². The maximum Gasteiger partial charge on any atom is 0.244 e. The van der Waals surface area contributed by atoms with E-state index in [1.807, 2.05) is 49.4 Å². The Morgan fingerprint density at radius 3 is 2.57 bits per heavy atom. The minimum Gasteiger partial charge on any atom is -0.487 e. The molecule has 3 aromatic rings. The van der Waals surface area contributed by atoms with Crippen molar-refractivity contribution in [2.75, 3.05) is 18.9 Å². The van der Waals surface area contributed by atoms with E-state index in [1.165, 1.54) is 31.6 Å². The number of nitrogens with zero attached hydrogens (tertiary/aromatic N) is 2. The van der Waals surface area contributed by atoms with Crippen molar-refractivity contribution in [3.63, 3.8) is 0 Å². The zero-order valence-corrected chi connectivity index (χ0v) is 17.6. The number of ether oxygens (including phenoxy) is 1. The van der Waals surface area contributed by atoms with Crippen molar-refractivity contribution in [2.45, 2.75) is 18.4 Å². The highest BCUT2D eigenvalue weighted by Gasteiger charge is 2.23. The van der Waals surface area contributed by atoms with Gasteiger partial charge in [-0.2, -0.15) is 4.31 Å². The van der Waals surface area contributed by atoms with Gasteiger partial charge in [-0.05, 0) is 42.3 Å². The van der Waals surface area contributed by atoms with Crippen molar-refractivity contribution in [3.05, 3.63) is 84.2 Å². The van der Waals surface area contributed by atoms with Gasteiger partial charge in [0.05, 0.1) is 12.2 Å². The van der Waals surface area contributed by atoms with Crippen molar-refractivity contribution in [2.24, 2.45) is 0 Å². The molecule has 0 fully saturated rings. The highest BCUT2D eigenvalue weighted by atomic mass is 32.2. The van der Waals surface area contributed by atoms with Gasteiger partial charge in [0.2, 0.25) is 15.9 Å². The topological polar surface area (TPSA) is 88.6 Å². The number of aromatic nitrogens is 1. The van der Waals surface area contributed by atoms with Gasteiger partial charge in [0, 0.05) is 19.4 Å². The summed E-state index contributed by atoms with van der Waals surface area (Å²) >= 11 is 0. The standard InChI is InChI=1S/C22H23N3O4S/c1-17-10-11-20(21(13-17)29-16-18-7-4-3-5-8-18)24-22(26)15-25(2)30(27,28)19-9-6-12-23-14-19/h3-14H,15-16H2,1-2H3,(H,24,26). The van der Waals surface area contributed by atoms with E-state index in [0.717, 1.165) is 15.4 Å². The second-order valence-corrected chi connectivity index (χ2v) is 8.82. The average molecular weight is 426 g/mol. The summed E-state index contributed by atoms with van der Waals surface area (Å²) in [7, 11) is -2.46. The summed E-state index contributed by atoms with van der Waals surface area (Å²) < 4.78 is 32.0. The molecule has 0 saturated heterocycles. The molecule has 1 heterocycles. The Hall–Kier alpha value is -3.23. The molecule has 156 valence electrons. The second-order valence-electron chi connectivity index (χ2n) is 6.77. The molecule has 0 bridgehead atoms. The molecule has 0 unspecified atom stereocenters. The number of hydrogen-bond acceptors (Lipinski definition) is 5. The fourth-order valence-electron chi connectivity index (χ4n) is 2.74. The van der Waals surface area contributed by atoms with Crippen molar-refractivity contribution in [3.8, 4) is 5.75 Å². The van der Waals surface area contributed by atoms with Crippen LogP contribution >= 0.6 is 0 Å². The Kier molecular flexibility index (Phi) is 6.81. The monoisotopic (exact) mass is 425 g/mol. The van der Waals surface area contributed by atoms with Gasteiger partial charge in [-0.1, -0.05) is 36.4 Å². The Morgan fingerprint density at radius 1 is 1.10 bits per heavy atom. The molecule has 7 nitrogen and oxygen atoms in total. The maximum atomic E-state index is 12.6. The zero-order chi connectivity index (χ0) is 21.6. The molecular formula is C22H23N3O4S. The lowest BCUT2D eigenvalue weighted by molar-refractivity contribution is -0.116. The number of hydrogen-bond donors (Lipinski definition) is 1. The van der Waals surface area contributed by atoms with Crippen LogP contribution in [0.1, 0.15) is 11.1 Å². The van der Waals surface area contributed by atoms with Crippen molar-refractivity contribution < 1.29 is 17.9 Å². The lowest BCUT2D eigenvalue weighted by atomic mass is 10.2. The van der Waals surface area contributed by atoms with Crippen LogP contribution in [0.25, 0.3) is 0 Å². The number of likely N-dealkylation sites (N-methyl/N-ethyl adjacent to an activating group) is 1. The van der Waals surface area contributed by atoms with Crippen LogP contribution in [0, 0.1) is 6.92 Å². The number of pyridine rings is 1. The quantitative estimate of drug-likeness (QED) is 0.599. The highest BCUT2D eigenvalue weighted by Crippen LogP contribution is 2.27. The molecule has 1 N–H and O–H groups in total. The van der Waals surface area contributed by atoms with Crippen LogP contribution < -0.4 is 10.1 Å².